The molecular formula is C21H15ClN2S. The van der Waals surface area contributed by atoms with E-state index in [2.05, 4.69) is 40.7 Å². The van der Waals surface area contributed by atoms with Crippen molar-refractivity contribution < 1.29 is 0 Å². The third-order valence-corrected chi connectivity index (χ3v) is 5.20. The van der Waals surface area contributed by atoms with Crippen LogP contribution in [0.1, 0.15) is 5.69 Å². The van der Waals surface area contributed by atoms with E-state index in [1.807, 2.05) is 43.5 Å². The van der Waals surface area contributed by atoms with Gasteiger partial charge < -0.3 is 0 Å². The Morgan fingerprint density at radius 3 is 2.40 bits per heavy atom. The molecule has 0 N–H and O–H groups in total. The topological polar surface area (TPSA) is 25.8 Å². The van der Waals surface area contributed by atoms with Crippen LogP contribution in [0.3, 0.4) is 0 Å². The van der Waals surface area contributed by atoms with Gasteiger partial charge in [-0.25, -0.2) is 4.98 Å². The first-order valence-corrected chi connectivity index (χ1v) is 9.21. The van der Waals surface area contributed by atoms with E-state index in [9.17, 15) is 0 Å². The van der Waals surface area contributed by atoms with Crippen LogP contribution in [0.2, 0.25) is 5.02 Å². The average molecular weight is 363 g/mol. The van der Waals surface area contributed by atoms with E-state index in [1.54, 1.807) is 11.3 Å². The molecule has 0 unspecified atom stereocenters. The van der Waals surface area contributed by atoms with Crippen LogP contribution < -0.4 is 0 Å². The fourth-order valence-corrected chi connectivity index (χ4v) is 3.90. The van der Waals surface area contributed by atoms with Gasteiger partial charge in [-0.05, 0) is 36.2 Å². The summed E-state index contributed by atoms with van der Waals surface area (Å²) in [5.41, 5.74) is 6.43. The molecule has 0 bridgehead atoms. The number of nitrogens with zero attached hydrogens (tertiary/aromatic N) is 2. The zero-order chi connectivity index (χ0) is 17.2. The summed E-state index contributed by atoms with van der Waals surface area (Å²) in [7, 11) is 0. The standard InChI is InChI=1S/C21H15ClN2S/c1-14-20(18(11-12-23-14)15-5-3-2-4-6-15)21-24-19(13-25-21)16-7-9-17(22)10-8-16/h2-13H,1H3. The average Bonchev–Trinajstić information content (AvgIpc) is 3.12. The monoisotopic (exact) mass is 362 g/mol. The molecule has 0 radical (unpaired) electrons. The highest BCUT2D eigenvalue weighted by Crippen LogP contribution is 2.37. The summed E-state index contributed by atoms with van der Waals surface area (Å²) in [4.78, 5) is 9.35. The lowest BCUT2D eigenvalue weighted by Gasteiger charge is -2.10. The van der Waals surface area contributed by atoms with Crippen LogP contribution in [0.4, 0.5) is 0 Å². The van der Waals surface area contributed by atoms with E-state index in [4.69, 9.17) is 16.6 Å². The Labute approximate surface area is 155 Å². The maximum Gasteiger partial charge on any atom is 0.126 e. The molecule has 0 atom stereocenters. The van der Waals surface area contributed by atoms with Crippen LogP contribution >= 0.6 is 22.9 Å². The summed E-state index contributed by atoms with van der Waals surface area (Å²) in [6.07, 6.45) is 1.86. The molecule has 0 saturated carbocycles. The zero-order valence-corrected chi connectivity index (χ0v) is 15.2. The Bertz CT molecular complexity index is 1010. The molecule has 25 heavy (non-hydrogen) atoms. The second-order valence-electron chi connectivity index (χ2n) is 5.73. The van der Waals surface area contributed by atoms with Crippen molar-refractivity contribution in [3.05, 3.63) is 83.0 Å². The molecule has 0 amide bonds. The molecule has 0 aliphatic rings. The summed E-state index contributed by atoms with van der Waals surface area (Å²) >= 11 is 7.62. The molecule has 122 valence electrons. The number of thiazole rings is 1. The summed E-state index contributed by atoms with van der Waals surface area (Å²) < 4.78 is 0. The second-order valence-corrected chi connectivity index (χ2v) is 7.02. The number of aromatic nitrogens is 2. The molecule has 4 rings (SSSR count). The van der Waals surface area contributed by atoms with Crippen molar-refractivity contribution in [1.82, 2.24) is 9.97 Å². The molecule has 2 heterocycles. The number of halogens is 1. The van der Waals surface area contributed by atoms with Crippen LogP contribution in [0.15, 0.2) is 72.2 Å². The van der Waals surface area contributed by atoms with Crippen LogP contribution in [-0.2, 0) is 0 Å². The molecular weight excluding hydrogens is 348 g/mol. The summed E-state index contributed by atoms with van der Waals surface area (Å²) in [6, 6.07) is 20.2. The maximum atomic E-state index is 5.98. The number of benzene rings is 2. The molecule has 0 aliphatic carbocycles. The lowest BCUT2D eigenvalue weighted by molar-refractivity contribution is 1.20. The molecule has 4 aromatic rings. The van der Waals surface area contributed by atoms with Crippen molar-refractivity contribution in [3.8, 4) is 33.0 Å². The Balaban J connectivity index is 1.82. The van der Waals surface area contributed by atoms with Gasteiger partial charge in [-0.2, -0.15) is 0 Å². The minimum atomic E-state index is 0.730. The number of pyridine rings is 1. The molecule has 0 saturated heterocycles. The first-order chi connectivity index (χ1) is 12.2. The summed E-state index contributed by atoms with van der Waals surface area (Å²) in [6.45, 7) is 2.03. The van der Waals surface area contributed by atoms with E-state index < -0.39 is 0 Å². The summed E-state index contributed by atoms with van der Waals surface area (Å²) in [5.74, 6) is 0. The first kappa shape index (κ1) is 16.0. The van der Waals surface area contributed by atoms with Crippen LogP contribution in [0, 0.1) is 6.92 Å². The number of rotatable bonds is 3. The Morgan fingerprint density at radius 2 is 1.64 bits per heavy atom. The SMILES string of the molecule is Cc1nccc(-c2ccccc2)c1-c1nc(-c2ccc(Cl)cc2)cs1. The molecule has 4 heteroatoms. The van der Waals surface area contributed by atoms with Gasteiger partial charge in [0.15, 0.2) is 0 Å². The predicted molar refractivity (Wildman–Crippen MR) is 106 cm³/mol. The minimum absolute atomic E-state index is 0.730. The van der Waals surface area contributed by atoms with Gasteiger partial charge >= 0.3 is 0 Å². The fraction of sp³-hybridized carbons (Fsp3) is 0.0476. The molecule has 0 aliphatic heterocycles. The molecule has 0 fully saturated rings. The number of aryl methyl sites for hydroxylation is 1. The van der Waals surface area contributed by atoms with Gasteiger partial charge in [0.1, 0.15) is 5.01 Å². The van der Waals surface area contributed by atoms with E-state index >= 15 is 0 Å². The third-order valence-electron chi connectivity index (χ3n) is 4.08. The molecule has 0 spiro atoms. The highest BCUT2D eigenvalue weighted by Gasteiger charge is 2.15. The van der Waals surface area contributed by atoms with Crippen LogP contribution in [0.25, 0.3) is 33.0 Å². The van der Waals surface area contributed by atoms with Crippen LogP contribution in [-0.4, -0.2) is 9.97 Å². The van der Waals surface area contributed by atoms with Crippen molar-refractivity contribution in [3.63, 3.8) is 0 Å². The lowest BCUT2D eigenvalue weighted by Crippen LogP contribution is -1.92. The number of hydrogen-bond acceptors (Lipinski definition) is 3. The van der Waals surface area contributed by atoms with Gasteiger partial charge in [0.25, 0.3) is 0 Å². The van der Waals surface area contributed by atoms with E-state index in [1.165, 1.54) is 5.56 Å². The predicted octanol–water partition coefficient (Wildman–Crippen LogP) is 6.50. The second kappa shape index (κ2) is 6.79. The Hall–Kier alpha value is -2.49. The normalized spacial score (nSPS) is 10.8. The fourth-order valence-electron chi connectivity index (χ4n) is 2.84. The quantitative estimate of drug-likeness (QED) is 0.415. The van der Waals surface area contributed by atoms with Crippen LogP contribution in [0.5, 0.6) is 0 Å². The van der Waals surface area contributed by atoms with Gasteiger partial charge in [0.05, 0.1) is 5.69 Å². The van der Waals surface area contributed by atoms with Gasteiger partial charge in [-0.1, -0.05) is 54.1 Å². The highest BCUT2D eigenvalue weighted by atomic mass is 35.5. The number of hydrogen-bond donors (Lipinski definition) is 0. The van der Waals surface area contributed by atoms with Crippen molar-refractivity contribution >= 4 is 22.9 Å². The van der Waals surface area contributed by atoms with Crippen molar-refractivity contribution in [1.29, 1.82) is 0 Å². The Kier molecular flexibility index (Phi) is 4.35. The van der Waals surface area contributed by atoms with Gasteiger partial charge in [0, 0.05) is 33.4 Å². The smallest absolute Gasteiger partial charge is 0.126 e. The lowest BCUT2D eigenvalue weighted by atomic mass is 10.00. The molecule has 2 nitrogen and oxygen atoms in total. The minimum Gasteiger partial charge on any atom is -0.261 e. The van der Waals surface area contributed by atoms with Gasteiger partial charge in [-0.3, -0.25) is 4.98 Å². The van der Waals surface area contributed by atoms with Gasteiger partial charge in [-0.15, -0.1) is 11.3 Å². The largest absolute Gasteiger partial charge is 0.261 e. The summed E-state index contributed by atoms with van der Waals surface area (Å²) in [5, 5.41) is 3.79. The molecule has 2 aromatic heterocycles. The third kappa shape index (κ3) is 3.21. The maximum absolute atomic E-state index is 5.98. The van der Waals surface area contributed by atoms with Gasteiger partial charge in [0.2, 0.25) is 0 Å². The molecule has 2 aromatic carbocycles. The first-order valence-electron chi connectivity index (χ1n) is 7.95. The van der Waals surface area contributed by atoms with E-state index in [0.717, 1.165) is 38.1 Å². The van der Waals surface area contributed by atoms with E-state index in [-0.39, 0.29) is 0 Å². The van der Waals surface area contributed by atoms with Crippen molar-refractivity contribution in [2.24, 2.45) is 0 Å². The Morgan fingerprint density at radius 1 is 0.880 bits per heavy atom. The van der Waals surface area contributed by atoms with Crippen molar-refractivity contribution in [2.75, 3.05) is 0 Å². The van der Waals surface area contributed by atoms with E-state index in [0.29, 0.717) is 0 Å². The van der Waals surface area contributed by atoms with Crippen molar-refractivity contribution in [2.45, 2.75) is 6.92 Å². The zero-order valence-electron chi connectivity index (χ0n) is 13.6. The highest BCUT2D eigenvalue weighted by molar-refractivity contribution is 7.13.